The second-order valence-electron chi connectivity index (χ2n) is 6.17. The average molecular weight is 328 g/mol. The van der Waals surface area contributed by atoms with Gasteiger partial charge in [-0.25, -0.2) is 0 Å². The molecule has 2 aliphatic rings. The Kier molecular flexibility index (Phi) is 7.82. The fraction of sp³-hybridized carbons (Fsp3) is 0.938. The van der Waals surface area contributed by atoms with E-state index in [0.717, 1.165) is 12.7 Å². The maximum absolute atomic E-state index is 11.0. The van der Waals surface area contributed by atoms with Crippen molar-refractivity contribution < 1.29 is 28.3 Å². The summed E-state index contributed by atoms with van der Waals surface area (Å²) in [6.07, 6.45) is 5.46. The number of carbonyl (C=O) groups is 1. The Balaban J connectivity index is 1.78. The molecule has 2 heterocycles. The van der Waals surface area contributed by atoms with E-state index >= 15 is 0 Å². The van der Waals surface area contributed by atoms with E-state index in [-0.39, 0.29) is 38.0 Å². The third-order valence-electron chi connectivity index (χ3n) is 4.20. The maximum Gasteiger partial charge on any atom is 0.457 e. The predicted molar refractivity (Wildman–Crippen MR) is 86.0 cm³/mol. The normalized spacial score (nSPS) is 29.8. The minimum atomic E-state index is -0.441. The highest BCUT2D eigenvalue weighted by atomic mass is 16.8. The second kappa shape index (κ2) is 9.62. The van der Waals surface area contributed by atoms with Crippen LogP contribution < -0.4 is 0 Å². The van der Waals surface area contributed by atoms with Crippen molar-refractivity contribution >= 4 is 13.1 Å². The van der Waals surface area contributed by atoms with Crippen LogP contribution in [0.25, 0.3) is 0 Å². The lowest BCUT2D eigenvalue weighted by Gasteiger charge is -2.18. The molecule has 2 rings (SSSR count). The van der Waals surface area contributed by atoms with Crippen molar-refractivity contribution in [1.29, 1.82) is 0 Å². The number of rotatable bonds is 10. The van der Waals surface area contributed by atoms with Gasteiger partial charge in [-0.1, -0.05) is 39.5 Å². The smallest absolute Gasteiger partial charge is 0.457 e. The Labute approximate surface area is 139 Å². The van der Waals surface area contributed by atoms with Crippen LogP contribution in [-0.4, -0.2) is 50.9 Å². The van der Waals surface area contributed by atoms with Crippen LogP contribution in [0, 0.1) is 0 Å². The summed E-state index contributed by atoms with van der Waals surface area (Å²) in [4.78, 5) is 11.0. The summed E-state index contributed by atoms with van der Waals surface area (Å²) in [6, 6.07) is 0. The number of carbonyl (C=O) groups excluding carboxylic acids is 1. The van der Waals surface area contributed by atoms with Gasteiger partial charge in [0.15, 0.2) is 6.29 Å². The Bertz CT molecular complexity index is 366. The zero-order valence-electron chi connectivity index (χ0n) is 14.5. The first kappa shape index (κ1) is 18.7. The fourth-order valence-corrected chi connectivity index (χ4v) is 2.95. The predicted octanol–water partition coefficient (Wildman–Crippen LogP) is 2.55. The van der Waals surface area contributed by atoms with Crippen LogP contribution in [0.5, 0.6) is 0 Å². The van der Waals surface area contributed by atoms with E-state index in [0.29, 0.717) is 6.61 Å². The fourth-order valence-electron chi connectivity index (χ4n) is 2.95. The molecule has 2 fully saturated rings. The van der Waals surface area contributed by atoms with Crippen LogP contribution >= 0.6 is 0 Å². The van der Waals surface area contributed by atoms with E-state index in [2.05, 4.69) is 6.92 Å². The molecular formula is C16H29BO6. The van der Waals surface area contributed by atoms with Crippen molar-refractivity contribution in [2.75, 3.05) is 13.2 Å². The molecule has 2 aliphatic heterocycles. The SMILES string of the molecule is CCCCCCCOC1OC(COC(C)=O)C2OB(CC)OC12. The highest BCUT2D eigenvalue weighted by Gasteiger charge is 2.54. The molecule has 0 aliphatic carbocycles. The molecular weight excluding hydrogens is 299 g/mol. The molecule has 0 N–H and O–H groups in total. The third-order valence-corrected chi connectivity index (χ3v) is 4.20. The molecule has 2 saturated heterocycles. The Hall–Kier alpha value is -0.625. The molecule has 0 saturated carbocycles. The lowest BCUT2D eigenvalue weighted by Crippen LogP contribution is -2.33. The zero-order chi connectivity index (χ0) is 16.7. The van der Waals surface area contributed by atoms with Crippen LogP contribution in [-0.2, 0) is 28.3 Å². The Morgan fingerprint density at radius 1 is 1.09 bits per heavy atom. The monoisotopic (exact) mass is 328 g/mol. The van der Waals surface area contributed by atoms with Gasteiger partial charge in [0.25, 0.3) is 0 Å². The van der Waals surface area contributed by atoms with Crippen LogP contribution in [0.1, 0.15) is 52.9 Å². The molecule has 0 radical (unpaired) electrons. The zero-order valence-corrected chi connectivity index (χ0v) is 14.5. The molecule has 4 unspecified atom stereocenters. The van der Waals surface area contributed by atoms with Crippen molar-refractivity contribution in [3.8, 4) is 0 Å². The van der Waals surface area contributed by atoms with E-state index in [9.17, 15) is 4.79 Å². The van der Waals surface area contributed by atoms with Gasteiger partial charge in [-0.15, -0.1) is 0 Å². The van der Waals surface area contributed by atoms with Crippen LogP contribution in [0.3, 0.4) is 0 Å². The standard InChI is InChI=1S/C16H29BO6/c1-4-6-7-8-9-10-19-16-15-14(22-17(5-2)23-15)13(21-16)11-20-12(3)18/h13-16H,4-11H2,1-3H3. The summed E-state index contributed by atoms with van der Waals surface area (Å²) >= 11 is 0. The van der Waals surface area contributed by atoms with Gasteiger partial charge >= 0.3 is 13.1 Å². The van der Waals surface area contributed by atoms with Gasteiger partial charge in [-0.3, -0.25) is 4.79 Å². The largest absolute Gasteiger partial charge is 0.463 e. The molecule has 132 valence electrons. The van der Waals surface area contributed by atoms with E-state index in [4.69, 9.17) is 23.5 Å². The summed E-state index contributed by atoms with van der Waals surface area (Å²) in [5, 5.41) is 0. The number of fused-ring (bicyclic) bond motifs is 1. The summed E-state index contributed by atoms with van der Waals surface area (Å²) in [5.74, 6) is -0.323. The number of hydrogen-bond acceptors (Lipinski definition) is 6. The quantitative estimate of drug-likeness (QED) is 0.349. The van der Waals surface area contributed by atoms with Gasteiger partial charge in [-0.2, -0.15) is 0 Å². The molecule has 0 spiro atoms. The average Bonchev–Trinajstić information content (AvgIpc) is 3.08. The minimum Gasteiger partial charge on any atom is -0.463 e. The summed E-state index contributed by atoms with van der Waals surface area (Å²) in [7, 11) is -0.232. The molecule has 0 amide bonds. The minimum absolute atomic E-state index is 0.173. The first-order valence-corrected chi connectivity index (χ1v) is 8.87. The van der Waals surface area contributed by atoms with Gasteiger partial charge in [0.05, 0.1) is 0 Å². The molecule has 4 atom stereocenters. The first-order chi connectivity index (χ1) is 11.2. The van der Waals surface area contributed by atoms with Crippen LogP contribution in [0.2, 0.25) is 6.32 Å². The van der Waals surface area contributed by atoms with Gasteiger partial charge in [-0.05, 0) is 12.7 Å². The molecule has 0 aromatic rings. The van der Waals surface area contributed by atoms with Crippen molar-refractivity contribution in [2.24, 2.45) is 0 Å². The summed E-state index contributed by atoms with van der Waals surface area (Å²) < 4.78 is 28.5. The van der Waals surface area contributed by atoms with Crippen LogP contribution in [0.15, 0.2) is 0 Å². The molecule has 0 bridgehead atoms. The number of hydrogen-bond donors (Lipinski definition) is 0. The molecule has 0 aromatic carbocycles. The van der Waals surface area contributed by atoms with Gasteiger partial charge in [0, 0.05) is 13.5 Å². The highest BCUT2D eigenvalue weighted by molar-refractivity contribution is 6.45. The van der Waals surface area contributed by atoms with Crippen LogP contribution in [0.4, 0.5) is 0 Å². The number of unbranched alkanes of at least 4 members (excludes halogenated alkanes) is 4. The third kappa shape index (κ3) is 5.45. The summed E-state index contributed by atoms with van der Waals surface area (Å²) in [6.45, 7) is 6.42. The van der Waals surface area contributed by atoms with Gasteiger partial charge < -0.3 is 23.5 Å². The highest BCUT2D eigenvalue weighted by Crippen LogP contribution is 2.34. The molecule has 23 heavy (non-hydrogen) atoms. The topological polar surface area (TPSA) is 63.2 Å². The van der Waals surface area contributed by atoms with Crippen molar-refractivity contribution in [1.82, 2.24) is 0 Å². The number of esters is 1. The molecule has 0 aromatic heterocycles. The molecule has 6 nitrogen and oxygen atoms in total. The van der Waals surface area contributed by atoms with E-state index in [1.807, 2.05) is 6.92 Å². The van der Waals surface area contributed by atoms with Crippen molar-refractivity contribution in [3.05, 3.63) is 0 Å². The lowest BCUT2D eigenvalue weighted by molar-refractivity contribution is -0.175. The van der Waals surface area contributed by atoms with E-state index in [1.54, 1.807) is 0 Å². The van der Waals surface area contributed by atoms with Gasteiger partial charge in [0.2, 0.25) is 0 Å². The summed E-state index contributed by atoms with van der Waals surface area (Å²) in [5.41, 5.74) is 0. The molecule has 7 heteroatoms. The van der Waals surface area contributed by atoms with Gasteiger partial charge in [0.1, 0.15) is 24.9 Å². The Morgan fingerprint density at radius 2 is 1.83 bits per heavy atom. The maximum atomic E-state index is 11.0. The first-order valence-electron chi connectivity index (χ1n) is 8.87. The lowest BCUT2D eigenvalue weighted by atomic mass is 9.87. The number of ether oxygens (including phenoxy) is 3. The van der Waals surface area contributed by atoms with Crippen molar-refractivity contribution in [3.63, 3.8) is 0 Å². The van der Waals surface area contributed by atoms with Crippen molar-refractivity contribution in [2.45, 2.75) is 83.8 Å². The second-order valence-corrected chi connectivity index (χ2v) is 6.17. The Morgan fingerprint density at radius 3 is 2.52 bits per heavy atom. The van der Waals surface area contributed by atoms with E-state index < -0.39 is 6.29 Å². The van der Waals surface area contributed by atoms with E-state index in [1.165, 1.54) is 32.6 Å².